The summed E-state index contributed by atoms with van der Waals surface area (Å²) in [5, 5.41) is 15.2. The van der Waals surface area contributed by atoms with Crippen LogP contribution in [0.3, 0.4) is 0 Å². The van der Waals surface area contributed by atoms with Gasteiger partial charge in [-0.2, -0.15) is 0 Å². The number of esters is 2. The van der Waals surface area contributed by atoms with E-state index in [1.54, 1.807) is 60.0 Å². The Morgan fingerprint density at radius 3 is 2.11 bits per heavy atom. The van der Waals surface area contributed by atoms with Gasteiger partial charge in [0, 0.05) is 36.9 Å². The standard InChI is InChI=1S/C24H27ClN4O7/c1-3-35-23(31)21(24(32)36-4-2)28-14-12-27(13-15-28)19-7-5-6-18(20(19)29(33)34)22(30)26-17-10-8-16(25)9-11-17/h5-11,21H,3-4,12-15H2,1-2H3,(H,26,30). The van der Waals surface area contributed by atoms with Crippen LogP contribution in [0.4, 0.5) is 17.1 Å². The first kappa shape index (κ1) is 26.9. The summed E-state index contributed by atoms with van der Waals surface area (Å²) in [6, 6.07) is 9.71. The van der Waals surface area contributed by atoms with Gasteiger partial charge in [0.25, 0.3) is 5.91 Å². The summed E-state index contributed by atoms with van der Waals surface area (Å²) in [5.74, 6) is -2.03. The molecule has 36 heavy (non-hydrogen) atoms. The van der Waals surface area contributed by atoms with Crippen molar-refractivity contribution in [1.82, 2.24) is 4.90 Å². The van der Waals surface area contributed by atoms with Gasteiger partial charge in [0.2, 0.25) is 6.04 Å². The van der Waals surface area contributed by atoms with Crippen molar-refractivity contribution in [3.05, 3.63) is 63.2 Å². The topological polar surface area (TPSA) is 131 Å². The predicted molar refractivity (Wildman–Crippen MR) is 133 cm³/mol. The molecule has 1 aliphatic rings. The van der Waals surface area contributed by atoms with Crippen molar-refractivity contribution in [1.29, 1.82) is 0 Å². The molecule has 11 nitrogen and oxygen atoms in total. The Labute approximate surface area is 213 Å². The molecule has 1 fully saturated rings. The molecule has 0 radical (unpaired) electrons. The average Bonchev–Trinajstić information content (AvgIpc) is 2.86. The van der Waals surface area contributed by atoms with Gasteiger partial charge < -0.3 is 19.7 Å². The lowest BCUT2D eigenvalue weighted by molar-refractivity contribution is -0.384. The van der Waals surface area contributed by atoms with E-state index in [1.807, 2.05) is 0 Å². The fraction of sp³-hybridized carbons (Fsp3) is 0.375. The Bertz CT molecular complexity index is 1100. The van der Waals surface area contributed by atoms with E-state index >= 15 is 0 Å². The lowest BCUT2D eigenvalue weighted by Gasteiger charge is -2.38. The molecule has 1 aliphatic heterocycles. The van der Waals surface area contributed by atoms with Gasteiger partial charge in [-0.3, -0.25) is 19.8 Å². The molecule has 0 bridgehead atoms. The second-order valence-electron chi connectivity index (χ2n) is 7.82. The number of amides is 1. The van der Waals surface area contributed by atoms with E-state index in [-0.39, 0.29) is 56.3 Å². The number of halogens is 1. The summed E-state index contributed by atoms with van der Waals surface area (Å²) in [6.07, 6.45) is 0. The summed E-state index contributed by atoms with van der Waals surface area (Å²) in [4.78, 5) is 52.6. The third-order valence-electron chi connectivity index (χ3n) is 5.58. The quantitative estimate of drug-likeness (QED) is 0.230. The fourth-order valence-corrected chi connectivity index (χ4v) is 4.08. The largest absolute Gasteiger partial charge is 0.464 e. The van der Waals surface area contributed by atoms with E-state index in [4.69, 9.17) is 21.1 Å². The molecule has 0 atom stereocenters. The third kappa shape index (κ3) is 6.29. The number of nitrogens with zero attached hydrogens (tertiary/aromatic N) is 3. The second kappa shape index (κ2) is 12.3. The van der Waals surface area contributed by atoms with Gasteiger partial charge in [-0.1, -0.05) is 17.7 Å². The molecule has 1 saturated heterocycles. The maximum atomic E-state index is 12.9. The van der Waals surface area contributed by atoms with Gasteiger partial charge in [0.1, 0.15) is 11.3 Å². The van der Waals surface area contributed by atoms with Gasteiger partial charge in [-0.15, -0.1) is 0 Å². The monoisotopic (exact) mass is 518 g/mol. The lowest BCUT2D eigenvalue weighted by Crippen LogP contribution is -2.56. The zero-order chi connectivity index (χ0) is 26.2. The zero-order valence-corrected chi connectivity index (χ0v) is 20.7. The van der Waals surface area contributed by atoms with Crippen LogP contribution in [0.15, 0.2) is 42.5 Å². The number of rotatable bonds is 9. The molecule has 1 N–H and O–H groups in total. The highest BCUT2D eigenvalue weighted by Gasteiger charge is 2.38. The fourth-order valence-electron chi connectivity index (χ4n) is 3.95. The first-order valence-electron chi connectivity index (χ1n) is 11.4. The molecule has 12 heteroatoms. The van der Waals surface area contributed by atoms with E-state index in [9.17, 15) is 24.5 Å². The highest BCUT2D eigenvalue weighted by molar-refractivity contribution is 6.30. The van der Waals surface area contributed by atoms with Gasteiger partial charge in [-0.25, -0.2) is 9.59 Å². The summed E-state index contributed by atoms with van der Waals surface area (Å²) in [7, 11) is 0. The summed E-state index contributed by atoms with van der Waals surface area (Å²) in [5.41, 5.74) is 0.296. The molecule has 2 aromatic carbocycles. The van der Waals surface area contributed by atoms with Crippen LogP contribution in [-0.4, -0.2) is 73.1 Å². The number of anilines is 2. The van der Waals surface area contributed by atoms with Crippen molar-refractivity contribution in [3.63, 3.8) is 0 Å². The zero-order valence-electron chi connectivity index (χ0n) is 19.9. The van der Waals surface area contributed by atoms with Crippen molar-refractivity contribution < 1.29 is 28.8 Å². The molecule has 0 aromatic heterocycles. The van der Waals surface area contributed by atoms with Crippen LogP contribution < -0.4 is 10.2 Å². The first-order valence-corrected chi connectivity index (χ1v) is 11.8. The second-order valence-corrected chi connectivity index (χ2v) is 8.26. The van der Waals surface area contributed by atoms with Gasteiger partial charge in [0.15, 0.2) is 0 Å². The normalized spacial score (nSPS) is 13.8. The summed E-state index contributed by atoms with van der Waals surface area (Å²) < 4.78 is 10.1. The van der Waals surface area contributed by atoms with Crippen LogP contribution >= 0.6 is 11.6 Å². The van der Waals surface area contributed by atoms with E-state index in [1.165, 1.54) is 6.07 Å². The third-order valence-corrected chi connectivity index (χ3v) is 5.84. The maximum absolute atomic E-state index is 12.9. The number of nitrogens with one attached hydrogen (secondary N) is 1. The maximum Gasteiger partial charge on any atom is 0.335 e. The van der Waals surface area contributed by atoms with Crippen LogP contribution in [0.2, 0.25) is 5.02 Å². The van der Waals surface area contributed by atoms with E-state index in [2.05, 4.69) is 5.32 Å². The predicted octanol–water partition coefficient (Wildman–Crippen LogP) is 3.12. The smallest absolute Gasteiger partial charge is 0.335 e. The number of nitro benzene ring substituents is 1. The minimum absolute atomic E-state index is 0.0918. The van der Waals surface area contributed by atoms with Crippen molar-refractivity contribution in [2.45, 2.75) is 19.9 Å². The van der Waals surface area contributed by atoms with Crippen LogP contribution in [0.5, 0.6) is 0 Å². The number of carbonyl (C=O) groups excluding carboxylic acids is 3. The van der Waals surface area contributed by atoms with Crippen molar-refractivity contribution in [2.75, 3.05) is 49.6 Å². The highest BCUT2D eigenvalue weighted by atomic mass is 35.5. The summed E-state index contributed by atoms with van der Waals surface area (Å²) >= 11 is 5.87. The van der Waals surface area contributed by atoms with Crippen molar-refractivity contribution in [3.8, 4) is 0 Å². The lowest BCUT2D eigenvalue weighted by atomic mass is 10.1. The van der Waals surface area contributed by atoms with Crippen molar-refractivity contribution >= 4 is 46.5 Å². The SMILES string of the molecule is CCOC(=O)C(C(=O)OCC)N1CCN(c2cccc(C(=O)Nc3ccc(Cl)cc3)c2[N+](=O)[O-])CC1. The minimum Gasteiger partial charge on any atom is -0.464 e. The molecule has 192 valence electrons. The van der Waals surface area contributed by atoms with Crippen LogP contribution in [0.1, 0.15) is 24.2 Å². The number of para-hydroxylation sites is 1. The molecule has 1 amide bonds. The Kier molecular flexibility index (Phi) is 9.20. The Morgan fingerprint density at radius 2 is 1.58 bits per heavy atom. The Morgan fingerprint density at radius 1 is 1.00 bits per heavy atom. The number of nitro groups is 1. The van der Waals surface area contributed by atoms with Crippen LogP contribution in [0.25, 0.3) is 0 Å². The van der Waals surface area contributed by atoms with E-state index in [0.717, 1.165) is 0 Å². The molecule has 0 spiro atoms. The van der Waals surface area contributed by atoms with Gasteiger partial charge >= 0.3 is 17.6 Å². The average molecular weight is 519 g/mol. The summed E-state index contributed by atoms with van der Waals surface area (Å²) in [6.45, 7) is 4.58. The Balaban J connectivity index is 1.80. The van der Waals surface area contributed by atoms with Gasteiger partial charge in [-0.05, 0) is 50.2 Å². The molecule has 0 aliphatic carbocycles. The minimum atomic E-state index is -1.21. The molecule has 1 heterocycles. The number of carbonyl (C=O) groups is 3. The van der Waals surface area contributed by atoms with Crippen LogP contribution in [0, 0.1) is 10.1 Å². The molecule has 2 aromatic rings. The molecule has 3 rings (SSSR count). The molecule has 0 unspecified atom stereocenters. The number of benzene rings is 2. The van der Waals surface area contributed by atoms with Crippen LogP contribution in [-0.2, 0) is 19.1 Å². The number of ether oxygens (including phenoxy) is 2. The highest BCUT2D eigenvalue weighted by Crippen LogP contribution is 2.33. The van der Waals surface area contributed by atoms with E-state index in [0.29, 0.717) is 10.7 Å². The van der Waals surface area contributed by atoms with E-state index < -0.39 is 28.8 Å². The number of hydrogen-bond acceptors (Lipinski definition) is 9. The Hall–Kier alpha value is -3.70. The molecular weight excluding hydrogens is 492 g/mol. The van der Waals surface area contributed by atoms with Gasteiger partial charge in [0.05, 0.1) is 18.1 Å². The molecule has 0 saturated carbocycles. The molecular formula is C24H27ClN4O7. The number of hydrogen-bond donors (Lipinski definition) is 1. The first-order chi connectivity index (χ1) is 17.3. The van der Waals surface area contributed by atoms with Crippen molar-refractivity contribution in [2.24, 2.45) is 0 Å². The number of piperazine rings is 1.